The topological polar surface area (TPSA) is 64.0 Å². The standard InChI is InChI=1S/C22H23N3O2S/c1-2-19(20(26)23-14-15-8-4-3-5-9-15)28-22-24-18-11-7-6-10-17(18)21(27)25(22)16-12-13-16/h3-11,16,19H,2,12-14H2,1H3,(H,23,26). The van der Waals surface area contributed by atoms with Crippen LogP contribution >= 0.6 is 11.8 Å². The number of carbonyl (C=O) groups excluding carboxylic acids is 1. The van der Waals surface area contributed by atoms with Gasteiger partial charge in [-0.2, -0.15) is 0 Å². The maximum atomic E-state index is 13.0. The zero-order valence-electron chi connectivity index (χ0n) is 15.8. The van der Waals surface area contributed by atoms with Crippen LogP contribution in [0.15, 0.2) is 64.5 Å². The molecule has 5 nitrogen and oxygen atoms in total. The second kappa shape index (κ2) is 8.19. The fourth-order valence-corrected chi connectivity index (χ4v) is 4.32. The van der Waals surface area contributed by atoms with Crippen molar-refractivity contribution in [2.24, 2.45) is 0 Å². The molecule has 28 heavy (non-hydrogen) atoms. The Labute approximate surface area is 168 Å². The van der Waals surface area contributed by atoms with Crippen LogP contribution in [0.2, 0.25) is 0 Å². The summed E-state index contributed by atoms with van der Waals surface area (Å²) >= 11 is 1.40. The van der Waals surface area contributed by atoms with Crippen LogP contribution in [0.4, 0.5) is 0 Å². The number of hydrogen-bond acceptors (Lipinski definition) is 4. The molecule has 4 rings (SSSR count). The van der Waals surface area contributed by atoms with Crippen LogP contribution in [0.3, 0.4) is 0 Å². The number of rotatable bonds is 7. The van der Waals surface area contributed by atoms with E-state index in [1.165, 1.54) is 11.8 Å². The smallest absolute Gasteiger partial charge is 0.262 e. The average molecular weight is 394 g/mol. The maximum Gasteiger partial charge on any atom is 0.262 e. The monoisotopic (exact) mass is 393 g/mol. The Morgan fingerprint density at radius 1 is 1.18 bits per heavy atom. The zero-order valence-corrected chi connectivity index (χ0v) is 16.6. The molecule has 144 valence electrons. The number of amides is 1. The molecule has 1 N–H and O–H groups in total. The summed E-state index contributed by atoms with van der Waals surface area (Å²) in [4.78, 5) is 30.5. The summed E-state index contributed by atoms with van der Waals surface area (Å²) < 4.78 is 1.79. The SMILES string of the molecule is CCC(Sc1nc2ccccc2c(=O)n1C1CC1)C(=O)NCc1ccccc1. The van der Waals surface area contributed by atoms with Gasteiger partial charge >= 0.3 is 0 Å². The molecule has 6 heteroatoms. The van der Waals surface area contributed by atoms with E-state index in [0.717, 1.165) is 18.4 Å². The van der Waals surface area contributed by atoms with Crippen molar-refractivity contribution in [3.05, 3.63) is 70.5 Å². The van der Waals surface area contributed by atoms with E-state index in [9.17, 15) is 9.59 Å². The molecule has 1 fully saturated rings. The molecule has 1 aromatic heterocycles. The fourth-order valence-electron chi connectivity index (χ4n) is 3.21. The predicted octanol–water partition coefficient (Wildman–Crippen LogP) is 3.92. The van der Waals surface area contributed by atoms with Gasteiger partial charge in [-0.15, -0.1) is 0 Å². The highest BCUT2D eigenvalue weighted by Gasteiger charge is 2.30. The number of thioether (sulfide) groups is 1. The quantitative estimate of drug-likeness (QED) is 0.488. The lowest BCUT2D eigenvalue weighted by molar-refractivity contribution is -0.120. The third-order valence-corrected chi connectivity index (χ3v) is 6.24. The summed E-state index contributed by atoms with van der Waals surface area (Å²) in [6.45, 7) is 2.48. The van der Waals surface area contributed by atoms with Gasteiger partial charge in [0.25, 0.3) is 5.56 Å². The third-order valence-electron chi connectivity index (χ3n) is 4.91. The van der Waals surface area contributed by atoms with Gasteiger partial charge in [-0.3, -0.25) is 14.2 Å². The van der Waals surface area contributed by atoms with E-state index in [0.29, 0.717) is 29.0 Å². The van der Waals surface area contributed by atoms with E-state index in [4.69, 9.17) is 4.98 Å². The van der Waals surface area contributed by atoms with Gasteiger partial charge in [0, 0.05) is 12.6 Å². The van der Waals surface area contributed by atoms with Crippen molar-refractivity contribution in [1.29, 1.82) is 0 Å². The van der Waals surface area contributed by atoms with Crippen molar-refractivity contribution in [2.45, 2.75) is 49.2 Å². The van der Waals surface area contributed by atoms with Crippen LogP contribution < -0.4 is 10.9 Å². The molecule has 0 bridgehead atoms. The van der Waals surface area contributed by atoms with Gasteiger partial charge in [0.1, 0.15) is 0 Å². The number of fused-ring (bicyclic) bond motifs is 1. The van der Waals surface area contributed by atoms with Crippen molar-refractivity contribution >= 4 is 28.6 Å². The van der Waals surface area contributed by atoms with Gasteiger partial charge in [0.2, 0.25) is 5.91 Å². The molecule has 1 atom stereocenters. The van der Waals surface area contributed by atoms with E-state index < -0.39 is 0 Å². The number of nitrogens with one attached hydrogen (secondary N) is 1. The lowest BCUT2D eigenvalue weighted by Crippen LogP contribution is -2.33. The Morgan fingerprint density at radius 3 is 2.61 bits per heavy atom. The van der Waals surface area contributed by atoms with E-state index in [1.54, 1.807) is 4.57 Å². The average Bonchev–Trinajstić information content (AvgIpc) is 3.56. The summed E-state index contributed by atoms with van der Waals surface area (Å²) in [6, 6.07) is 17.5. The summed E-state index contributed by atoms with van der Waals surface area (Å²) in [6.07, 6.45) is 2.65. The molecular weight excluding hydrogens is 370 g/mol. The molecule has 0 spiro atoms. The minimum absolute atomic E-state index is 0.00449. The summed E-state index contributed by atoms with van der Waals surface area (Å²) in [7, 11) is 0. The van der Waals surface area contributed by atoms with Crippen molar-refractivity contribution in [3.8, 4) is 0 Å². The molecule has 1 heterocycles. The van der Waals surface area contributed by atoms with Crippen LogP contribution in [0.5, 0.6) is 0 Å². The fraction of sp³-hybridized carbons (Fsp3) is 0.318. The highest BCUT2D eigenvalue weighted by atomic mass is 32.2. The lowest BCUT2D eigenvalue weighted by Gasteiger charge is -2.18. The minimum Gasteiger partial charge on any atom is -0.351 e. The van der Waals surface area contributed by atoms with Gasteiger partial charge in [0.15, 0.2) is 5.16 Å². The summed E-state index contributed by atoms with van der Waals surface area (Å²) in [5.41, 5.74) is 1.75. The Balaban J connectivity index is 1.57. The number of aromatic nitrogens is 2. The molecule has 0 aliphatic heterocycles. The largest absolute Gasteiger partial charge is 0.351 e. The number of hydrogen-bond donors (Lipinski definition) is 1. The third kappa shape index (κ3) is 3.97. The number of nitrogens with zero attached hydrogens (tertiary/aromatic N) is 2. The van der Waals surface area contributed by atoms with E-state index in [2.05, 4.69) is 5.32 Å². The first-order valence-electron chi connectivity index (χ1n) is 9.67. The molecule has 2 aromatic carbocycles. The van der Waals surface area contributed by atoms with Crippen molar-refractivity contribution in [3.63, 3.8) is 0 Å². The van der Waals surface area contributed by atoms with Crippen molar-refractivity contribution in [1.82, 2.24) is 14.9 Å². The summed E-state index contributed by atoms with van der Waals surface area (Å²) in [5.74, 6) is -0.0268. The first-order valence-corrected chi connectivity index (χ1v) is 10.5. The van der Waals surface area contributed by atoms with Crippen molar-refractivity contribution < 1.29 is 4.79 Å². The second-order valence-electron chi connectivity index (χ2n) is 7.04. The molecule has 0 saturated heterocycles. The van der Waals surface area contributed by atoms with Crippen LogP contribution in [-0.2, 0) is 11.3 Å². The number of carbonyl (C=O) groups is 1. The highest BCUT2D eigenvalue weighted by molar-refractivity contribution is 8.00. The van der Waals surface area contributed by atoms with Crippen LogP contribution in [0.25, 0.3) is 10.9 Å². The maximum absolute atomic E-state index is 13.0. The van der Waals surface area contributed by atoms with E-state index in [-0.39, 0.29) is 22.8 Å². The molecule has 1 unspecified atom stereocenters. The molecule has 1 aliphatic carbocycles. The van der Waals surface area contributed by atoms with Gasteiger partial charge in [-0.1, -0.05) is 61.2 Å². The molecule has 0 radical (unpaired) electrons. The Morgan fingerprint density at radius 2 is 1.89 bits per heavy atom. The van der Waals surface area contributed by atoms with Crippen LogP contribution in [-0.4, -0.2) is 20.7 Å². The van der Waals surface area contributed by atoms with Gasteiger partial charge in [-0.25, -0.2) is 4.98 Å². The van der Waals surface area contributed by atoms with E-state index >= 15 is 0 Å². The lowest BCUT2D eigenvalue weighted by atomic mass is 10.2. The van der Waals surface area contributed by atoms with E-state index in [1.807, 2.05) is 61.5 Å². The zero-order chi connectivity index (χ0) is 19.5. The molecular formula is C22H23N3O2S. The molecule has 1 amide bonds. The molecule has 1 aliphatic rings. The predicted molar refractivity (Wildman–Crippen MR) is 112 cm³/mol. The molecule has 1 saturated carbocycles. The normalized spacial score (nSPS) is 14.8. The van der Waals surface area contributed by atoms with Crippen LogP contribution in [0, 0.1) is 0 Å². The van der Waals surface area contributed by atoms with Gasteiger partial charge < -0.3 is 5.32 Å². The number of benzene rings is 2. The van der Waals surface area contributed by atoms with Crippen LogP contribution in [0.1, 0.15) is 37.8 Å². The van der Waals surface area contributed by atoms with Gasteiger partial charge in [0.05, 0.1) is 16.2 Å². The minimum atomic E-state index is -0.290. The Hall–Kier alpha value is -2.60. The number of para-hydroxylation sites is 1. The molecule has 3 aromatic rings. The Bertz CT molecular complexity index is 1040. The second-order valence-corrected chi connectivity index (χ2v) is 8.21. The van der Waals surface area contributed by atoms with Gasteiger partial charge in [-0.05, 0) is 37.0 Å². The highest BCUT2D eigenvalue weighted by Crippen LogP contribution is 2.38. The Kier molecular flexibility index (Phi) is 5.48. The first kappa shape index (κ1) is 18.7. The van der Waals surface area contributed by atoms with Crippen molar-refractivity contribution in [2.75, 3.05) is 0 Å². The first-order chi connectivity index (χ1) is 13.7. The summed E-state index contributed by atoms with van der Waals surface area (Å²) in [5, 5.41) is 4.01.